The van der Waals surface area contributed by atoms with Crippen LogP contribution >= 0.6 is 15.9 Å². The molecule has 0 aliphatic heterocycles. The molecule has 4 nitrogen and oxygen atoms in total. The van der Waals surface area contributed by atoms with Gasteiger partial charge in [0.15, 0.2) is 4.67 Å². The van der Waals surface area contributed by atoms with Crippen molar-refractivity contribution in [3.63, 3.8) is 0 Å². The number of aliphatic hydroxyl groups is 1. The molecule has 0 spiro atoms. The van der Waals surface area contributed by atoms with Gasteiger partial charge >= 0.3 is 0 Å². The number of rotatable bonds is 3. The summed E-state index contributed by atoms with van der Waals surface area (Å²) >= 11 is 3.19. The first kappa shape index (κ1) is 10.4. The Morgan fingerprint density at radius 2 is 2.40 bits per heavy atom. The van der Waals surface area contributed by atoms with Gasteiger partial charge in [-0.2, -0.15) is 0 Å². The third-order valence-electron chi connectivity index (χ3n) is 2.22. The first-order valence-electron chi connectivity index (χ1n) is 4.56. The van der Waals surface area contributed by atoms with Crippen LogP contribution in [0.3, 0.4) is 0 Å². The zero-order valence-corrected chi connectivity index (χ0v) is 9.81. The molecule has 2 heterocycles. The molecule has 2 aromatic heterocycles. The Bertz CT molecular complexity index is 450. The van der Waals surface area contributed by atoms with Crippen LogP contribution in [0, 0.1) is 0 Å². The molecule has 0 saturated carbocycles. The van der Waals surface area contributed by atoms with Crippen molar-refractivity contribution < 1.29 is 9.52 Å². The van der Waals surface area contributed by atoms with Gasteiger partial charge in [-0.25, -0.2) is 4.98 Å². The normalized spacial score (nSPS) is 13.0. The number of hydrogen-bond donors (Lipinski definition) is 1. The number of aliphatic hydroxyl groups excluding tert-OH is 1. The van der Waals surface area contributed by atoms with Crippen LogP contribution < -0.4 is 0 Å². The fraction of sp³-hybridized carbons (Fsp3) is 0.300. The van der Waals surface area contributed by atoms with Gasteiger partial charge in [-0.3, -0.25) is 0 Å². The van der Waals surface area contributed by atoms with E-state index < -0.39 is 6.10 Å². The Labute approximate surface area is 95.7 Å². The summed E-state index contributed by atoms with van der Waals surface area (Å²) in [6.45, 7) is 0. The van der Waals surface area contributed by atoms with Gasteiger partial charge in [0.2, 0.25) is 0 Å². The topological polar surface area (TPSA) is 51.2 Å². The third kappa shape index (κ3) is 2.30. The first-order valence-corrected chi connectivity index (χ1v) is 5.35. The molecule has 0 fully saturated rings. The van der Waals surface area contributed by atoms with Crippen LogP contribution in [-0.2, 0) is 13.5 Å². The monoisotopic (exact) mass is 270 g/mol. The minimum absolute atomic E-state index is 0.448. The highest BCUT2D eigenvalue weighted by Crippen LogP contribution is 2.22. The lowest BCUT2D eigenvalue weighted by Gasteiger charge is -2.07. The quantitative estimate of drug-likeness (QED) is 0.929. The van der Waals surface area contributed by atoms with Crippen molar-refractivity contribution in [3.8, 4) is 0 Å². The molecule has 0 aliphatic rings. The maximum Gasteiger partial charge on any atom is 0.169 e. The summed E-state index contributed by atoms with van der Waals surface area (Å²) in [5.41, 5.74) is 0. The highest BCUT2D eigenvalue weighted by atomic mass is 79.9. The van der Waals surface area contributed by atoms with Crippen LogP contribution in [0.25, 0.3) is 0 Å². The van der Waals surface area contributed by atoms with Gasteiger partial charge < -0.3 is 14.1 Å². The fourth-order valence-electron chi connectivity index (χ4n) is 1.37. The van der Waals surface area contributed by atoms with Crippen molar-refractivity contribution in [3.05, 3.63) is 40.8 Å². The molecular formula is C10H11BrN2O2. The number of imidazole rings is 1. The number of hydrogen-bond acceptors (Lipinski definition) is 3. The van der Waals surface area contributed by atoms with Gasteiger partial charge in [0.05, 0.1) is 0 Å². The lowest BCUT2D eigenvalue weighted by Crippen LogP contribution is -2.05. The van der Waals surface area contributed by atoms with E-state index in [2.05, 4.69) is 20.9 Å². The van der Waals surface area contributed by atoms with Crippen LogP contribution in [0.4, 0.5) is 0 Å². The zero-order valence-electron chi connectivity index (χ0n) is 8.22. The second-order valence-corrected chi connectivity index (χ2v) is 4.10. The van der Waals surface area contributed by atoms with E-state index in [4.69, 9.17) is 4.42 Å². The van der Waals surface area contributed by atoms with E-state index in [0.717, 1.165) is 5.82 Å². The van der Waals surface area contributed by atoms with Crippen molar-refractivity contribution in [2.24, 2.45) is 7.05 Å². The number of aryl methyl sites for hydroxylation is 1. The molecule has 0 radical (unpaired) electrons. The summed E-state index contributed by atoms with van der Waals surface area (Å²) < 4.78 is 7.76. The van der Waals surface area contributed by atoms with E-state index >= 15 is 0 Å². The summed E-state index contributed by atoms with van der Waals surface area (Å²) in [5.74, 6) is 1.37. The second kappa shape index (κ2) is 4.20. The van der Waals surface area contributed by atoms with Gasteiger partial charge in [-0.1, -0.05) is 0 Å². The average molecular weight is 271 g/mol. The van der Waals surface area contributed by atoms with E-state index in [0.29, 0.717) is 16.9 Å². The fourth-order valence-corrected chi connectivity index (χ4v) is 1.69. The SMILES string of the molecule is Cn1ccnc1CC(O)c1ccc(Br)o1. The predicted octanol–water partition coefficient (Wildman–Crippen LogP) is 2.05. The molecule has 15 heavy (non-hydrogen) atoms. The van der Waals surface area contributed by atoms with E-state index in [1.807, 2.05) is 17.8 Å². The number of furan rings is 1. The molecular weight excluding hydrogens is 260 g/mol. The summed E-state index contributed by atoms with van der Waals surface area (Å²) in [6, 6.07) is 3.51. The Morgan fingerprint density at radius 3 is 2.93 bits per heavy atom. The molecule has 0 saturated heterocycles. The Balaban J connectivity index is 2.10. The molecule has 5 heteroatoms. The van der Waals surface area contributed by atoms with Crippen molar-refractivity contribution in [2.75, 3.05) is 0 Å². The van der Waals surface area contributed by atoms with Gasteiger partial charge in [0.1, 0.15) is 17.7 Å². The lowest BCUT2D eigenvalue weighted by molar-refractivity contribution is 0.145. The largest absolute Gasteiger partial charge is 0.452 e. The lowest BCUT2D eigenvalue weighted by atomic mass is 10.2. The van der Waals surface area contributed by atoms with Gasteiger partial charge in [-0.15, -0.1) is 0 Å². The van der Waals surface area contributed by atoms with E-state index in [1.165, 1.54) is 0 Å². The first-order chi connectivity index (χ1) is 7.16. The van der Waals surface area contributed by atoms with Crippen molar-refractivity contribution in [2.45, 2.75) is 12.5 Å². The molecule has 1 N–H and O–H groups in total. The van der Waals surface area contributed by atoms with Crippen LogP contribution in [0.5, 0.6) is 0 Å². The zero-order chi connectivity index (χ0) is 10.8. The summed E-state index contributed by atoms with van der Waals surface area (Å²) in [7, 11) is 1.90. The van der Waals surface area contributed by atoms with Gasteiger partial charge in [-0.05, 0) is 28.1 Å². The van der Waals surface area contributed by atoms with Crippen LogP contribution in [-0.4, -0.2) is 14.7 Å². The molecule has 2 rings (SSSR count). The molecule has 1 atom stereocenters. The smallest absolute Gasteiger partial charge is 0.169 e. The second-order valence-electron chi connectivity index (χ2n) is 3.32. The maximum absolute atomic E-state index is 9.86. The molecule has 0 aromatic carbocycles. The van der Waals surface area contributed by atoms with Crippen LogP contribution in [0.1, 0.15) is 17.7 Å². The maximum atomic E-state index is 9.86. The molecule has 0 amide bonds. The van der Waals surface area contributed by atoms with Gasteiger partial charge in [0, 0.05) is 25.9 Å². The van der Waals surface area contributed by atoms with Crippen molar-refractivity contribution in [1.82, 2.24) is 9.55 Å². The van der Waals surface area contributed by atoms with E-state index in [9.17, 15) is 5.11 Å². The molecule has 0 aliphatic carbocycles. The Kier molecular flexibility index (Phi) is 2.93. The highest BCUT2D eigenvalue weighted by Gasteiger charge is 2.14. The summed E-state index contributed by atoms with van der Waals surface area (Å²) in [4.78, 5) is 4.14. The van der Waals surface area contributed by atoms with Gasteiger partial charge in [0.25, 0.3) is 0 Å². The predicted molar refractivity (Wildman–Crippen MR) is 58.3 cm³/mol. The molecule has 1 unspecified atom stereocenters. The number of halogens is 1. The number of aromatic nitrogens is 2. The summed E-state index contributed by atoms with van der Waals surface area (Å²) in [6.07, 6.45) is 3.35. The van der Waals surface area contributed by atoms with Crippen LogP contribution in [0.2, 0.25) is 0 Å². The Hall–Kier alpha value is -1.07. The molecule has 80 valence electrons. The third-order valence-corrected chi connectivity index (χ3v) is 2.65. The summed E-state index contributed by atoms with van der Waals surface area (Å²) in [5, 5.41) is 9.86. The van der Waals surface area contributed by atoms with E-state index in [-0.39, 0.29) is 0 Å². The van der Waals surface area contributed by atoms with Crippen LogP contribution in [0.15, 0.2) is 33.6 Å². The van der Waals surface area contributed by atoms with E-state index in [1.54, 1.807) is 18.3 Å². The minimum Gasteiger partial charge on any atom is -0.452 e. The van der Waals surface area contributed by atoms with Crippen molar-refractivity contribution in [1.29, 1.82) is 0 Å². The molecule has 0 bridgehead atoms. The standard InChI is InChI=1S/C10H11BrN2O2/c1-13-5-4-12-10(13)6-7(14)8-2-3-9(11)15-8/h2-5,7,14H,6H2,1H3. The Morgan fingerprint density at radius 1 is 1.60 bits per heavy atom. The molecule has 2 aromatic rings. The van der Waals surface area contributed by atoms with Crippen molar-refractivity contribution >= 4 is 15.9 Å². The average Bonchev–Trinajstić information content (AvgIpc) is 2.77. The number of nitrogens with zero attached hydrogens (tertiary/aromatic N) is 2. The highest BCUT2D eigenvalue weighted by molar-refractivity contribution is 9.10. The minimum atomic E-state index is -0.655.